The Balaban J connectivity index is 1.35. The molecule has 0 N–H and O–H groups in total. The second-order valence-corrected chi connectivity index (χ2v) is 8.94. The summed E-state index contributed by atoms with van der Waals surface area (Å²) in [5, 5.41) is 0. The smallest absolute Gasteiger partial charge is 0.299 e. The van der Waals surface area contributed by atoms with Crippen molar-refractivity contribution in [1.29, 1.82) is 0 Å². The first kappa shape index (κ1) is 17.3. The van der Waals surface area contributed by atoms with Crippen molar-refractivity contribution in [2.75, 3.05) is 6.54 Å². The van der Waals surface area contributed by atoms with Crippen molar-refractivity contribution < 1.29 is 0 Å². The molecule has 0 saturated carbocycles. The third kappa shape index (κ3) is 3.56. The molecule has 0 spiro atoms. The Kier molecular flexibility index (Phi) is 5.28. The molecule has 2 aliphatic rings. The van der Waals surface area contributed by atoms with Crippen LogP contribution >= 0.6 is 11.3 Å². The van der Waals surface area contributed by atoms with E-state index in [-0.39, 0.29) is 4.87 Å². The number of unbranched alkanes of at least 4 members (excludes halogenated alkanes) is 1. The molecular formula is C21H30N2OS. The molecule has 3 heterocycles. The van der Waals surface area contributed by atoms with Gasteiger partial charge in [0.2, 0.25) is 0 Å². The van der Waals surface area contributed by atoms with Gasteiger partial charge in [0.15, 0.2) is 0 Å². The van der Waals surface area contributed by atoms with Gasteiger partial charge in [-0.2, -0.15) is 0 Å². The van der Waals surface area contributed by atoms with Gasteiger partial charge in [-0.3, -0.25) is 14.3 Å². The van der Waals surface area contributed by atoms with Crippen molar-refractivity contribution in [3.8, 4) is 0 Å². The van der Waals surface area contributed by atoms with E-state index in [1.807, 2.05) is 16.7 Å². The molecule has 4 heteroatoms. The van der Waals surface area contributed by atoms with Crippen LogP contribution in [0.2, 0.25) is 0 Å². The van der Waals surface area contributed by atoms with Crippen LogP contribution in [0.15, 0.2) is 29.1 Å². The molecule has 0 amide bonds. The summed E-state index contributed by atoms with van der Waals surface area (Å²) < 4.78 is 3.10. The Morgan fingerprint density at radius 1 is 1.08 bits per heavy atom. The molecular weight excluding hydrogens is 328 g/mol. The van der Waals surface area contributed by atoms with E-state index in [0.29, 0.717) is 0 Å². The number of hydrogen-bond donors (Lipinski definition) is 0. The van der Waals surface area contributed by atoms with E-state index < -0.39 is 0 Å². The van der Waals surface area contributed by atoms with Crippen LogP contribution in [-0.4, -0.2) is 28.1 Å². The van der Waals surface area contributed by atoms with E-state index in [0.717, 1.165) is 47.7 Å². The Hall–Kier alpha value is -1.13. The van der Waals surface area contributed by atoms with Gasteiger partial charge in [-0.25, -0.2) is 0 Å². The van der Waals surface area contributed by atoms with Crippen molar-refractivity contribution in [3.05, 3.63) is 33.9 Å². The van der Waals surface area contributed by atoms with Crippen molar-refractivity contribution in [3.63, 3.8) is 0 Å². The first-order valence-corrected chi connectivity index (χ1v) is 10.9. The maximum Gasteiger partial charge on any atom is 0.308 e. The third-order valence-corrected chi connectivity index (χ3v) is 7.28. The number of para-hydroxylation sites is 1. The molecule has 1 aromatic heterocycles. The van der Waals surface area contributed by atoms with Crippen LogP contribution < -0.4 is 4.87 Å². The number of nitrogens with zero attached hydrogens (tertiary/aromatic N) is 2. The molecule has 2 unspecified atom stereocenters. The standard InChI is InChI=1S/C21H30N2OS/c1-2-3-7-16-14-17-10-11-18(15-16)22(17)12-6-13-23-19-8-4-5-9-20(19)25-21(23)24/h4-5,8-9,16-18H,2-3,6-7,10-15H2,1H3. The van der Waals surface area contributed by atoms with Crippen LogP contribution in [0, 0.1) is 5.92 Å². The second-order valence-electron chi connectivity index (χ2n) is 7.94. The zero-order valence-corrected chi connectivity index (χ0v) is 16.1. The predicted molar refractivity (Wildman–Crippen MR) is 106 cm³/mol. The molecule has 0 aliphatic carbocycles. The molecule has 2 atom stereocenters. The monoisotopic (exact) mass is 358 g/mol. The Bertz CT molecular complexity index is 751. The summed E-state index contributed by atoms with van der Waals surface area (Å²) in [7, 11) is 0. The van der Waals surface area contributed by atoms with Crippen molar-refractivity contribution >= 4 is 21.6 Å². The number of fused-ring (bicyclic) bond motifs is 3. The summed E-state index contributed by atoms with van der Waals surface area (Å²) in [5.74, 6) is 0.970. The van der Waals surface area contributed by atoms with Crippen LogP contribution in [0.25, 0.3) is 10.2 Å². The molecule has 3 nitrogen and oxygen atoms in total. The lowest BCUT2D eigenvalue weighted by Gasteiger charge is -2.39. The number of aromatic nitrogens is 1. The normalized spacial score (nSPS) is 26.5. The maximum absolute atomic E-state index is 12.3. The summed E-state index contributed by atoms with van der Waals surface area (Å²) in [6.45, 7) is 4.32. The number of thiazole rings is 1. The number of aryl methyl sites for hydroxylation is 1. The average Bonchev–Trinajstić information content (AvgIpc) is 3.05. The van der Waals surface area contributed by atoms with E-state index in [4.69, 9.17) is 0 Å². The third-order valence-electron chi connectivity index (χ3n) is 6.32. The first-order valence-electron chi connectivity index (χ1n) is 10.1. The topological polar surface area (TPSA) is 25.2 Å². The molecule has 0 radical (unpaired) electrons. The van der Waals surface area contributed by atoms with Gasteiger partial charge in [-0.15, -0.1) is 0 Å². The van der Waals surface area contributed by atoms with Crippen LogP contribution in [0.3, 0.4) is 0 Å². The zero-order chi connectivity index (χ0) is 17.2. The lowest BCUT2D eigenvalue weighted by Crippen LogP contribution is -2.43. The highest BCUT2D eigenvalue weighted by atomic mass is 32.1. The van der Waals surface area contributed by atoms with Gasteiger partial charge >= 0.3 is 4.87 Å². The van der Waals surface area contributed by atoms with Gasteiger partial charge in [-0.05, 0) is 50.2 Å². The fourth-order valence-corrected chi connectivity index (χ4v) is 6.03. The first-order chi connectivity index (χ1) is 12.3. The average molecular weight is 359 g/mol. The second kappa shape index (κ2) is 7.63. The molecule has 4 rings (SSSR count). The van der Waals surface area contributed by atoms with Gasteiger partial charge < -0.3 is 0 Å². The van der Waals surface area contributed by atoms with Crippen LogP contribution in [0.4, 0.5) is 0 Å². The lowest BCUT2D eigenvalue weighted by atomic mass is 9.87. The van der Waals surface area contributed by atoms with Crippen molar-refractivity contribution in [1.82, 2.24) is 9.47 Å². The number of hydrogen-bond acceptors (Lipinski definition) is 3. The molecule has 2 bridgehead atoms. The molecule has 1 aromatic carbocycles. The zero-order valence-electron chi connectivity index (χ0n) is 15.3. The van der Waals surface area contributed by atoms with Crippen LogP contribution in [-0.2, 0) is 6.54 Å². The maximum atomic E-state index is 12.3. The number of piperidine rings is 1. The van der Waals surface area contributed by atoms with E-state index in [2.05, 4.69) is 24.0 Å². The lowest BCUT2D eigenvalue weighted by molar-refractivity contribution is 0.0968. The van der Waals surface area contributed by atoms with Gasteiger partial charge in [-0.1, -0.05) is 49.7 Å². The summed E-state index contributed by atoms with van der Waals surface area (Å²) in [4.78, 5) is 15.2. The molecule has 136 valence electrons. The van der Waals surface area contributed by atoms with Gasteiger partial charge in [0, 0.05) is 25.2 Å². The van der Waals surface area contributed by atoms with Crippen LogP contribution in [0.1, 0.15) is 58.3 Å². The minimum absolute atomic E-state index is 0.197. The highest BCUT2D eigenvalue weighted by Crippen LogP contribution is 2.40. The number of rotatable bonds is 7. The summed E-state index contributed by atoms with van der Waals surface area (Å²) >= 11 is 1.38. The molecule has 2 saturated heterocycles. The van der Waals surface area contributed by atoms with Crippen molar-refractivity contribution in [2.45, 2.75) is 76.9 Å². The predicted octanol–water partition coefficient (Wildman–Crippen LogP) is 4.89. The summed E-state index contributed by atoms with van der Waals surface area (Å²) in [6, 6.07) is 9.82. The fraction of sp³-hybridized carbons (Fsp3) is 0.667. The van der Waals surface area contributed by atoms with Crippen LogP contribution in [0.5, 0.6) is 0 Å². The Labute approximate surface area is 154 Å². The van der Waals surface area contributed by atoms with E-state index >= 15 is 0 Å². The molecule has 25 heavy (non-hydrogen) atoms. The Morgan fingerprint density at radius 3 is 2.60 bits per heavy atom. The highest BCUT2D eigenvalue weighted by Gasteiger charge is 2.39. The molecule has 2 aromatic rings. The minimum Gasteiger partial charge on any atom is -0.299 e. The van der Waals surface area contributed by atoms with Gasteiger partial charge in [0.05, 0.1) is 10.2 Å². The van der Waals surface area contributed by atoms with Crippen molar-refractivity contribution in [2.24, 2.45) is 5.92 Å². The fourth-order valence-electron chi connectivity index (χ4n) is 5.12. The van der Waals surface area contributed by atoms with E-state index in [9.17, 15) is 4.79 Å². The van der Waals surface area contributed by atoms with Gasteiger partial charge in [0.25, 0.3) is 0 Å². The largest absolute Gasteiger partial charge is 0.308 e. The minimum atomic E-state index is 0.197. The Morgan fingerprint density at radius 2 is 1.84 bits per heavy atom. The summed E-state index contributed by atoms with van der Waals surface area (Å²) in [5.41, 5.74) is 1.11. The quantitative estimate of drug-likeness (QED) is 0.704. The van der Waals surface area contributed by atoms with Gasteiger partial charge in [0.1, 0.15) is 0 Å². The molecule has 2 fully saturated rings. The SMILES string of the molecule is CCCCC1CC2CCC(C1)N2CCCn1c(=O)sc2ccccc21. The van der Waals surface area contributed by atoms with E-state index in [1.165, 1.54) is 56.3 Å². The number of benzene rings is 1. The highest BCUT2D eigenvalue weighted by molar-refractivity contribution is 7.16. The molecule has 2 aliphatic heterocycles. The summed E-state index contributed by atoms with van der Waals surface area (Å²) in [6.07, 6.45) is 10.9. The van der Waals surface area contributed by atoms with E-state index in [1.54, 1.807) is 0 Å².